The Morgan fingerprint density at radius 2 is 2.13 bits per heavy atom. The number of carbonyl (C=O) groups is 2. The van der Waals surface area contributed by atoms with Crippen LogP contribution in [0, 0.1) is 5.92 Å². The molecule has 0 radical (unpaired) electrons. The zero-order valence-electron chi connectivity index (χ0n) is 16.8. The summed E-state index contributed by atoms with van der Waals surface area (Å²) in [5.74, 6) is 0.392. The van der Waals surface area contributed by atoms with Gasteiger partial charge in [-0.1, -0.05) is 30.8 Å². The molecular formula is C21H23N5O2S2. The van der Waals surface area contributed by atoms with E-state index >= 15 is 0 Å². The molecule has 0 spiro atoms. The molecule has 0 unspecified atom stereocenters. The van der Waals surface area contributed by atoms with Crippen molar-refractivity contribution >= 4 is 45.7 Å². The van der Waals surface area contributed by atoms with Crippen LogP contribution < -0.4 is 10.6 Å². The summed E-state index contributed by atoms with van der Waals surface area (Å²) in [6, 6.07) is 7.00. The van der Waals surface area contributed by atoms with Crippen LogP contribution in [0.2, 0.25) is 0 Å². The Hall–Kier alpha value is -2.65. The van der Waals surface area contributed by atoms with Crippen LogP contribution >= 0.6 is 23.1 Å². The molecule has 4 rings (SSSR count). The molecule has 0 aliphatic heterocycles. The predicted octanol–water partition coefficient (Wildman–Crippen LogP) is 3.98. The SMILES string of the molecule is C[C@@H]1CCc2nc(NC(=O)c3ccccc3NC(=O)CSc3nccn3C)sc2C1. The molecule has 9 heteroatoms. The predicted molar refractivity (Wildman–Crippen MR) is 120 cm³/mol. The van der Waals surface area contributed by atoms with Crippen molar-refractivity contribution in [1.82, 2.24) is 14.5 Å². The maximum atomic E-state index is 12.9. The number of nitrogens with one attached hydrogen (secondary N) is 2. The van der Waals surface area contributed by atoms with Gasteiger partial charge in [0.1, 0.15) is 0 Å². The van der Waals surface area contributed by atoms with Crippen molar-refractivity contribution < 1.29 is 9.59 Å². The zero-order valence-corrected chi connectivity index (χ0v) is 18.5. The van der Waals surface area contributed by atoms with Crippen LogP contribution in [0.3, 0.4) is 0 Å². The highest BCUT2D eigenvalue weighted by Gasteiger charge is 2.21. The van der Waals surface area contributed by atoms with Gasteiger partial charge < -0.3 is 9.88 Å². The lowest BCUT2D eigenvalue weighted by Crippen LogP contribution is -2.19. The average molecular weight is 442 g/mol. The maximum Gasteiger partial charge on any atom is 0.259 e. The number of carbonyl (C=O) groups excluding carboxylic acids is 2. The Kier molecular flexibility index (Phi) is 6.19. The lowest BCUT2D eigenvalue weighted by Gasteiger charge is -2.15. The van der Waals surface area contributed by atoms with E-state index in [2.05, 4.69) is 27.5 Å². The molecule has 2 amide bonds. The van der Waals surface area contributed by atoms with E-state index in [0.717, 1.165) is 30.1 Å². The van der Waals surface area contributed by atoms with Crippen LogP contribution in [-0.2, 0) is 24.7 Å². The van der Waals surface area contributed by atoms with Gasteiger partial charge in [0.2, 0.25) is 5.91 Å². The first kappa shape index (κ1) is 20.6. The van der Waals surface area contributed by atoms with Gasteiger partial charge in [-0.25, -0.2) is 9.97 Å². The van der Waals surface area contributed by atoms with Gasteiger partial charge in [-0.2, -0.15) is 0 Å². The molecule has 1 aromatic carbocycles. The van der Waals surface area contributed by atoms with Gasteiger partial charge in [0.25, 0.3) is 5.91 Å². The highest BCUT2D eigenvalue weighted by atomic mass is 32.2. The van der Waals surface area contributed by atoms with Crippen molar-refractivity contribution in [3.8, 4) is 0 Å². The second-order valence-electron chi connectivity index (χ2n) is 7.39. The number of amides is 2. The third-order valence-electron chi connectivity index (χ3n) is 4.96. The third-order valence-corrected chi connectivity index (χ3v) is 7.06. The minimum absolute atomic E-state index is 0.193. The quantitative estimate of drug-likeness (QED) is 0.565. The summed E-state index contributed by atoms with van der Waals surface area (Å²) >= 11 is 2.89. The largest absolute Gasteiger partial charge is 0.329 e. The highest BCUT2D eigenvalue weighted by Crippen LogP contribution is 2.32. The normalized spacial score (nSPS) is 15.5. The first-order valence-corrected chi connectivity index (χ1v) is 11.6. The Labute approximate surface area is 183 Å². The fourth-order valence-corrected chi connectivity index (χ4v) is 5.25. The molecule has 1 aliphatic carbocycles. The number of aromatic nitrogens is 3. The van der Waals surface area contributed by atoms with E-state index in [1.807, 2.05) is 17.8 Å². The summed E-state index contributed by atoms with van der Waals surface area (Å²) in [5.41, 5.74) is 1.99. The van der Waals surface area contributed by atoms with E-state index in [4.69, 9.17) is 0 Å². The van der Waals surface area contributed by atoms with Gasteiger partial charge in [0.15, 0.2) is 10.3 Å². The summed E-state index contributed by atoms with van der Waals surface area (Å²) < 4.78 is 1.85. The third kappa shape index (κ3) is 4.73. The molecule has 1 atom stereocenters. The van der Waals surface area contributed by atoms with Crippen molar-refractivity contribution in [3.05, 3.63) is 52.8 Å². The van der Waals surface area contributed by atoms with E-state index in [0.29, 0.717) is 22.3 Å². The van der Waals surface area contributed by atoms with Crippen LogP contribution in [0.25, 0.3) is 0 Å². The van der Waals surface area contributed by atoms with Crippen molar-refractivity contribution in [2.24, 2.45) is 13.0 Å². The molecule has 2 aromatic heterocycles. The molecule has 7 nitrogen and oxygen atoms in total. The molecule has 0 saturated carbocycles. The van der Waals surface area contributed by atoms with Gasteiger partial charge in [-0.15, -0.1) is 11.3 Å². The van der Waals surface area contributed by atoms with E-state index in [-0.39, 0.29) is 17.6 Å². The fraction of sp³-hybridized carbons (Fsp3) is 0.333. The molecule has 0 bridgehead atoms. The van der Waals surface area contributed by atoms with E-state index in [9.17, 15) is 9.59 Å². The second kappa shape index (κ2) is 9.01. The number of para-hydroxylation sites is 1. The van der Waals surface area contributed by atoms with Crippen LogP contribution in [0.5, 0.6) is 0 Å². The summed E-state index contributed by atoms with van der Waals surface area (Å²) in [7, 11) is 1.88. The molecule has 30 heavy (non-hydrogen) atoms. The molecule has 0 saturated heterocycles. The first-order valence-electron chi connectivity index (χ1n) is 9.78. The smallest absolute Gasteiger partial charge is 0.259 e. The number of hydrogen-bond donors (Lipinski definition) is 2. The lowest BCUT2D eigenvalue weighted by molar-refractivity contribution is -0.113. The minimum atomic E-state index is -0.276. The van der Waals surface area contributed by atoms with Crippen molar-refractivity contribution in [1.29, 1.82) is 0 Å². The number of imidazole rings is 1. The number of hydrogen-bond acceptors (Lipinski definition) is 6. The molecule has 156 valence electrons. The highest BCUT2D eigenvalue weighted by molar-refractivity contribution is 7.99. The Morgan fingerprint density at radius 3 is 2.93 bits per heavy atom. The number of fused-ring (bicyclic) bond motifs is 1. The fourth-order valence-electron chi connectivity index (χ4n) is 3.36. The molecule has 1 aliphatic rings. The molecule has 0 fully saturated rings. The first-order chi connectivity index (χ1) is 14.5. The summed E-state index contributed by atoms with van der Waals surface area (Å²) in [6.07, 6.45) is 6.63. The lowest BCUT2D eigenvalue weighted by atomic mass is 9.93. The van der Waals surface area contributed by atoms with Crippen LogP contribution in [-0.4, -0.2) is 32.1 Å². The maximum absolute atomic E-state index is 12.9. The van der Waals surface area contributed by atoms with Crippen LogP contribution in [0.4, 0.5) is 10.8 Å². The summed E-state index contributed by atoms with van der Waals surface area (Å²) in [6.45, 7) is 2.24. The Morgan fingerprint density at radius 1 is 1.30 bits per heavy atom. The van der Waals surface area contributed by atoms with E-state index in [1.165, 1.54) is 16.6 Å². The minimum Gasteiger partial charge on any atom is -0.329 e. The molecule has 2 N–H and O–H groups in total. The zero-order chi connectivity index (χ0) is 21.1. The number of thioether (sulfide) groups is 1. The van der Waals surface area contributed by atoms with Gasteiger partial charge in [0, 0.05) is 24.3 Å². The Balaban J connectivity index is 1.41. The van der Waals surface area contributed by atoms with Crippen LogP contribution in [0.1, 0.15) is 34.3 Å². The number of aryl methyl sites for hydroxylation is 2. The number of benzene rings is 1. The van der Waals surface area contributed by atoms with E-state index < -0.39 is 0 Å². The standard InChI is InChI=1S/C21H23N5O2S2/c1-13-7-8-16-17(11-13)30-20(24-16)25-19(28)14-5-3-4-6-15(14)23-18(27)12-29-21-22-9-10-26(21)2/h3-6,9-10,13H,7-8,11-12H2,1-2H3,(H,23,27)(H,24,25,28)/t13-/m1/s1. The summed E-state index contributed by atoms with van der Waals surface area (Å²) in [4.78, 5) is 35.3. The number of nitrogens with zero attached hydrogens (tertiary/aromatic N) is 3. The van der Waals surface area contributed by atoms with Crippen LogP contribution in [0.15, 0.2) is 41.8 Å². The number of thiazole rings is 1. The van der Waals surface area contributed by atoms with Gasteiger partial charge in [-0.05, 0) is 37.3 Å². The molecular weight excluding hydrogens is 418 g/mol. The van der Waals surface area contributed by atoms with Crippen molar-refractivity contribution in [3.63, 3.8) is 0 Å². The van der Waals surface area contributed by atoms with Gasteiger partial charge in [-0.3, -0.25) is 14.9 Å². The summed E-state index contributed by atoms with van der Waals surface area (Å²) in [5, 5.41) is 7.12. The number of rotatable bonds is 6. The van der Waals surface area contributed by atoms with Crippen molar-refractivity contribution in [2.75, 3.05) is 16.4 Å². The Bertz CT molecular complexity index is 1080. The van der Waals surface area contributed by atoms with E-state index in [1.54, 1.807) is 41.8 Å². The van der Waals surface area contributed by atoms with Gasteiger partial charge >= 0.3 is 0 Å². The number of anilines is 2. The van der Waals surface area contributed by atoms with Crippen molar-refractivity contribution in [2.45, 2.75) is 31.3 Å². The topological polar surface area (TPSA) is 88.9 Å². The molecule has 2 heterocycles. The molecule has 3 aromatic rings. The second-order valence-corrected chi connectivity index (χ2v) is 9.42. The monoisotopic (exact) mass is 441 g/mol. The van der Waals surface area contributed by atoms with Gasteiger partial charge in [0.05, 0.1) is 22.7 Å². The average Bonchev–Trinajstić information content (AvgIpc) is 3.31.